The third-order valence-electron chi connectivity index (χ3n) is 7.01. The van der Waals surface area contributed by atoms with Crippen molar-refractivity contribution in [2.45, 2.75) is 64.0 Å². The lowest BCUT2D eigenvalue weighted by molar-refractivity contribution is -0.135. The highest BCUT2D eigenvalue weighted by atomic mass is 16.2. The monoisotopic (exact) mass is 398 g/mol. The number of hydrogen-bond acceptors (Lipinski definition) is 4. The number of nitrogens with one attached hydrogen (secondary N) is 1. The molecule has 6 heteroatoms. The molecule has 1 aliphatic carbocycles. The summed E-state index contributed by atoms with van der Waals surface area (Å²) in [6.07, 6.45) is 7.70. The Morgan fingerprint density at radius 2 is 1.86 bits per heavy atom. The lowest BCUT2D eigenvalue weighted by Crippen LogP contribution is -2.54. The molecule has 3 aliphatic rings. The highest BCUT2D eigenvalue weighted by molar-refractivity contribution is 6.07. The first kappa shape index (κ1) is 20.2. The molecular weight excluding hydrogens is 364 g/mol. The zero-order valence-corrected chi connectivity index (χ0v) is 17.8. The molecule has 3 fully saturated rings. The summed E-state index contributed by atoms with van der Waals surface area (Å²) >= 11 is 0. The standard InChI is InChI=1S/C23H34N4O2/c1-18-10-6-7-13-23(18)21(28)27(22(29)24-23)17-25(2)16-19-11-4-5-12-20(19)26-14-8-3-9-15-26/h4-5,11-12,18H,3,6-10,13-17H2,1-2H3,(H,24,29)/t18-,23-/m1/s1. The average Bonchev–Trinajstić information content (AvgIpc) is 2.96. The lowest BCUT2D eigenvalue weighted by atomic mass is 9.73. The zero-order valence-electron chi connectivity index (χ0n) is 17.8. The van der Waals surface area contributed by atoms with E-state index < -0.39 is 5.54 Å². The van der Waals surface area contributed by atoms with Crippen molar-refractivity contribution in [3.05, 3.63) is 29.8 Å². The number of carbonyl (C=O) groups excluding carboxylic acids is 2. The Kier molecular flexibility index (Phi) is 5.81. The Morgan fingerprint density at radius 1 is 1.10 bits per heavy atom. The van der Waals surface area contributed by atoms with E-state index in [1.807, 2.05) is 7.05 Å². The number of rotatable bonds is 5. The number of benzene rings is 1. The number of piperidine rings is 1. The Bertz CT molecular complexity index is 761. The molecule has 2 aliphatic heterocycles. The third-order valence-corrected chi connectivity index (χ3v) is 7.01. The van der Waals surface area contributed by atoms with Crippen LogP contribution in [-0.4, -0.2) is 54.1 Å². The molecule has 2 heterocycles. The van der Waals surface area contributed by atoms with E-state index in [-0.39, 0.29) is 17.9 Å². The highest BCUT2D eigenvalue weighted by Gasteiger charge is 2.54. The molecular formula is C23H34N4O2. The smallest absolute Gasteiger partial charge is 0.326 e. The minimum atomic E-state index is -0.679. The minimum absolute atomic E-state index is 0.0362. The Hall–Kier alpha value is -2.08. The van der Waals surface area contributed by atoms with E-state index in [9.17, 15) is 9.59 Å². The van der Waals surface area contributed by atoms with E-state index in [0.717, 1.165) is 38.8 Å². The second-order valence-electron chi connectivity index (χ2n) is 9.11. The second-order valence-corrected chi connectivity index (χ2v) is 9.11. The van der Waals surface area contributed by atoms with Crippen molar-refractivity contribution in [2.75, 3.05) is 31.7 Å². The van der Waals surface area contributed by atoms with Crippen molar-refractivity contribution in [1.82, 2.24) is 15.1 Å². The van der Waals surface area contributed by atoms with Crippen LogP contribution in [0.3, 0.4) is 0 Å². The maximum atomic E-state index is 13.2. The van der Waals surface area contributed by atoms with Crippen LogP contribution in [0.25, 0.3) is 0 Å². The van der Waals surface area contributed by atoms with Gasteiger partial charge in [-0.25, -0.2) is 9.69 Å². The summed E-state index contributed by atoms with van der Waals surface area (Å²) in [5.41, 5.74) is 1.86. The maximum absolute atomic E-state index is 13.2. The number of amides is 3. The van der Waals surface area contributed by atoms with Crippen LogP contribution in [0.2, 0.25) is 0 Å². The molecule has 0 unspecified atom stereocenters. The first-order chi connectivity index (χ1) is 14.0. The first-order valence-electron chi connectivity index (χ1n) is 11.2. The summed E-state index contributed by atoms with van der Waals surface area (Å²) in [6, 6.07) is 8.29. The van der Waals surface area contributed by atoms with Gasteiger partial charge in [-0.15, -0.1) is 0 Å². The van der Waals surface area contributed by atoms with Gasteiger partial charge in [0.1, 0.15) is 5.54 Å². The van der Waals surface area contributed by atoms with Gasteiger partial charge in [0.2, 0.25) is 0 Å². The van der Waals surface area contributed by atoms with Gasteiger partial charge < -0.3 is 10.2 Å². The van der Waals surface area contributed by atoms with Crippen molar-refractivity contribution in [3.63, 3.8) is 0 Å². The summed E-state index contributed by atoms with van der Waals surface area (Å²) in [5.74, 6) is 0.161. The highest BCUT2D eigenvalue weighted by Crippen LogP contribution is 2.38. The van der Waals surface area contributed by atoms with Crippen LogP contribution in [0.1, 0.15) is 57.4 Å². The molecule has 2 saturated heterocycles. The van der Waals surface area contributed by atoms with Crippen LogP contribution in [-0.2, 0) is 11.3 Å². The van der Waals surface area contributed by atoms with Gasteiger partial charge >= 0.3 is 6.03 Å². The molecule has 1 saturated carbocycles. The Labute approximate surface area is 174 Å². The van der Waals surface area contributed by atoms with E-state index in [1.165, 1.54) is 35.4 Å². The fourth-order valence-electron chi connectivity index (χ4n) is 5.29. The Morgan fingerprint density at radius 3 is 2.62 bits per heavy atom. The van der Waals surface area contributed by atoms with Crippen molar-refractivity contribution < 1.29 is 9.59 Å². The molecule has 6 nitrogen and oxygen atoms in total. The van der Waals surface area contributed by atoms with Gasteiger partial charge in [0.05, 0.1) is 6.67 Å². The van der Waals surface area contributed by atoms with Crippen molar-refractivity contribution in [1.29, 1.82) is 0 Å². The number of carbonyl (C=O) groups is 2. The summed E-state index contributed by atoms with van der Waals surface area (Å²) < 4.78 is 0. The summed E-state index contributed by atoms with van der Waals surface area (Å²) in [5, 5.41) is 3.05. The van der Waals surface area contributed by atoms with Gasteiger partial charge in [-0.05, 0) is 56.7 Å². The number of hydrogen-bond donors (Lipinski definition) is 1. The molecule has 0 radical (unpaired) electrons. The first-order valence-corrected chi connectivity index (χ1v) is 11.2. The molecule has 0 bridgehead atoms. The molecule has 1 aromatic carbocycles. The van der Waals surface area contributed by atoms with Gasteiger partial charge in [0.25, 0.3) is 5.91 Å². The largest absolute Gasteiger partial charge is 0.371 e. The van der Waals surface area contributed by atoms with Crippen LogP contribution in [0.5, 0.6) is 0 Å². The van der Waals surface area contributed by atoms with Gasteiger partial charge in [0, 0.05) is 25.3 Å². The molecule has 0 aromatic heterocycles. The number of nitrogens with zero attached hydrogens (tertiary/aromatic N) is 3. The van der Waals surface area contributed by atoms with E-state index in [0.29, 0.717) is 13.2 Å². The Balaban J connectivity index is 1.44. The summed E-state index contributed by atoms with van der Waals surface area (Å²) in [7, 11) is 1.99. The summed E-state index contributed by atoms with van der Waals surface area (Å²) in [6.45, 7) is 5.35. The number of urea groups is 1. The molecule has 158 valence electrons. The van der Waals surface area contributed by atoms with Crippen LogP contribution in [0, 0.1) is 5.92 Å². The predicted molar refractivity (Wildman–Crippen MR) is 115 cm³/mol. The van der Waals surface area contributed by atoms with E-state index >= 15 is 0 Å². The summed E-state index contributed by atoms with van der Waals surface area (Å²) in [4.78, 5) is 31.8. The topological polar surface area (TPSA) is 55.9 Å². The van der Waals surface area contributed by atoms with Crippen molar-refractivity contribution >= 4 is 17.6 Å². The molecule has 1 N–H and O–H groups in total. The molecule has 1 spiro atoms. The molecule has 29 heavy (non-hydrogen) atoms. The number of para-hydroxylation sites is 1. The molecule has 4 rings (SSSR count). The third kappa shape index (κ3) is 3.87. The fourth-order valence-corrected chi connectivity index (χ4v) is 5.29. The van der Waals surface area contributed by atoms with E-state index in [2.05, 4.69) is 46.3 Å². The van der Waals surface area contributed by atoms with E-state index in [1.54, 1.807) is 0 Å². The van der Waals surface area contributed by atoms with Crippen molar-refractivity contribution in [2.24, 2.45) is 5.92 Å². The van der Waals surface area contributed by atoms with Crippen LogP contribution < -0.4 is 10.2 Å². The van der Waals surface area contributed by atoms with Crippen LogP contribution >= 0.6 is 0 Å². The predicted octanol–water partition coefficient (Wildman–Crippen LogP) is 3.57. The second kappa shape index (κ2) is 8.34. The van der Waals surface area contributed by atoms with Gasteiger partial charge in [-0.2, -0.15) is 0 Å². The van der Waals surface area contributed by atoms with Crippen LogP contribution in [0.15, 0.2) is 24.3 Å². The fraction of sp³-hybridized carbons (Fsp3) is 0.652. The quantitative estimate of drug-likeness (QED) is 0.771. The normalized spacial score (nSPS) is 27.8. The maximum Gasteiger partial charge on any atom is 0.326 e. The molecule has 3 amide bonds. The van der Waals surface area contributed by atoms with Crippen molar-refractivity contribution in [3.8, 4) is 0 Å². The molecule has 2 atom stereocenters. The lowest BCUT2D eigenvalue weighted by Gasteiger charge is -2.37. The van der Waals surface area contributed by atoms with Gasteiger partial charge in [0.15, 0.2) is 0 Å². The van der Waals surface area contributed by atoms with Crippen LogP contribution in [0.4, 0.5) is 10.5 Å². The number of imide groups is 1. The average molecular weight is 399 g/mol. The zero-order chi connectivity index (χ0) is 20.4. The van der Waals surface area contributed by atoms with E-state index in [4.69, 9.17) is 0 Å². The van der Waals surface area contributed by atoms with Gasteiger partial charge in [-0.3, -0.25) is 9.69 Å². The minimum Gasteiger partial charge on any atom is -0.371 e. The molecule has 1 aromatic rings. The number of anilines is 1. The SMILES string of the molecule is C[C@@H]1CCCC[C@@]12NC(=O)N(CN(C)Cc1ccccc1N1CCCCC1)C2=O. The van der Waals surface area contributed by atoms with Gasteiger partial charge in [-0.1, -0.05) is 38.0 Å².